The van der Waals surface area contributed by atoms with Crippen LogP contribution in [-0.4, -0.2) is 26.1 Å². The van der Waals surface area contributed by atoms with Crippen molar-refractivity contribution >= 4 is 17.3 Å². The minimum atomic E-state index is 0.0314. The Hall–Kier alpha value is -2.66. The van der Waals surface area contributed by atoms with Crippen LogP contribution in [0.2, 0.25) is 0 Å². The van der Waals surface area contributed by atoms with Gasteiger partial charge in [-0.3, -0.25) is 4.98 Å². The third-order valence-corrected chi connectivity index (χ3v) is 6.50. The number of nitrogens with zero attached hydrogens (tertiary/aromatic N) is 3. The lowest BCUT2D eigenvalue weighted by Gasteiger charge is -2.29. The Morgan fingerprint density at radius 1 is 1.10 bits per heavy atom. The van der Waals surface area contributed by atoms with Gasteiger partial charge >= 0.3 is 0 Å². The first-order valence-corrected chi connectivity index (χ1v) is 11.6. The van der Waals surface area contributed by atoms with Gasteiger partial charge in [0.2, 0.25) is 0 Å². The number of thiocarbonyl (C=S) groups is 1. The first-order valence-electron chi connectivity index (χ1n) is 11.2. The quantitative estimate of drug-likeness (QED) is 0.508. The molecule has 0 unspecified atom stereocenters. The minimum Gasteiger partial charge on any atom is -0.352 e. The zero-order valence-electron chi connectivity index (χ0n) is 19.1. The maximum absolute atomic E-state index is 5.80. The molecule has 1 aliphatic rings. The van der Waals surface area contributed by atoms with Crippen LogP contribution in [0.25, 0.3) is 5.69 Å². The summed E-state index contributed by atoms with van der Waals surface area (Å²) in [5, 5.41) is 4.38. The first kappa shape index (κ1) is 21.6. The van der Waals surface area contributed by atoms with Crippen LogP contribution in [0, 0.1) is 19.8 Å². The third-order valence-electron chi connectivity index (χ3n) is 6.15. The molecule has 4 nitrogen and oxygen atoms in total. The molecule has 2 atom stereocenters. The Morgan fingerprint density at radius 2 is 1.84 bits per heavy atom. The number of pyridine rings is 1. The lowest BCUT2D eigenvalue weighted by molar-refractivity contribution is 0.287. The van der Waals surface area contributed by atoms with Crippen LogP contribution in [-0.2, 0) is 6.42 Å². The number of aromatic nitrogens is 2. The molecule has 0 radical (unpaired) electrons. The van der Waals surface area contributed by atoms with Gasteiger partial charge in [0.1, 0.15) is 0 Å². The molecule has 1 saturated heterocycles. The van der Waals surface area contributed by atoms with E-state index in [0.717, 1.165) is 23.8 Å². The van der Waals surface area contributed by atoms with Crippen molar-refractivity contribution in [3.63, 3.8) is 0 Å². The van der Waals surface area contributed by atoms with Crippen molar-refractivity contribution in [1.29, 1.82) is 0 Å². The zero-order valence-corrected chi connectivity index (χ0v) is 19.9. The van der Waals surface area contributed by atoms with E-state index in [4.69, 9.17) is 12.2 Å². The van der Waals surface area contributed by atoms with Crippen molar-refractivity contribution in [3.8, 4) is 5.69 Å². The molecule has 1 N–H and O–H groups in total. The van der Waals surface area contributed by atoms with E-state index in [1.807, 2.05) is 18.3 Å². The van der Waals surface area contributed by atoms with Crippen molar-refractivity contribution in [1.82, 2.24) is 19.8 Å². The van der Waals surface area contributed by atoms with Crippen LogP contribution < -0.4 is 5.32 Å². The average molecular weight is 433 g/mol. The molecular weight excluding hydrogens is 400 g/mol. The fourth-order valence-electron chi connectivity index (χ4n) is 4.70. The summed E-state index contributed by atoms with van der Waals surface area (Å²) in [7, 11) is 0. The smallest absolute Gasteiger partial charge is 0.170 e. The number of aryl methyl sites for hydroxylation is 2. The number of benzene rings is 1. The van der Waals surface area contributed by atoms with E-state index in [-0.39, 0.29) is 12.1 Å². The highest BCUT2D eigenvalue weighted by atomic mass is 32.1. The maximum atomic E-state index is 5.80. The fourth-order valence-corrected chi connectivity index (χ4v) is 5.01. The lowest BCUT2D eigenvalue weighted by atomic mass is 9.96. The predicted octanol–water partition coefficient (Wildman–Crippen LogP) is 5.68. The molecule has 4 rings (SSSR count). The molecule has 1 aromatic carbocycles. The number of hydrogen-bond acceptors (Lipinski definition) is 2. The van der Waals surface area contributed by atoms with E-state index in [1.54, 1.807) is 0 Å². The van der Waals surface area contributed by atoms with Gasteiger partial charge in [-0.25, -0.2) is 0 Å². The average Bonchev–Trinajstić information content (AvgIpc) is 3.24. The Bertz CT molecular complexity index is 1050. The van der Waals surface area contributed by atoms with E-state index >= 15 is 0 Å². The summed E-state index contributed by atoms with van der Waals surface area (Å²) in [5.41, 5.74) is 7.39. The molecular formula is C26H32N4S. The molecule has 31 heavy (non-hydrogen) atoms. The van der Waals surface area contributed by atoms with Crippen molar-refractivity contribution in [2.45, 2.75) is 53.1 Å². The second-order valence-electron chi connectivity index (χ2n) is 8.85. The van der Waals surface area contributed by atoms with Gasteiger partial charge in [0.15, 0.2) is 5.11 Å². The van der Waals surface area contributed by atoms with E-state index in [2.05, 4.69) is 90.8 Å². The molecule has 0 bridgehead atoms. The van der Waals surface area contributed by atoms with Gasteiger partial charge in [-0.15, -0.1) is 0 Å². The Morgan fingerprint density at radius 3 is 2.45 bits per heavy atom. The molecule has 3 heterocycles. The first-order chi connectivity index (χ1) is 14.9. The van der Waals surface area contributed by atoms with Crippen LogP contribution in [0.3, 0.4) is 0 Å². The van der Waals surface area contributed by atoms with E-state index < -0.39 is 0 Å². The molecule has 0 amide bonds. The van der Waals surface area contributed by atoms with Crippen molar-refractivity contribution in [3.05, 3.63) is 82.9 Å². The topological polar surface area (TPSA) is 33.1 Å². The summed E-state index contributed by atoms with van der Waals surface area (Å²) >= 11 is 5.80. The summed E-state index contributed by atoms with van der Waals surface area (Å²) < 4.78 is 2.36. The Balaban J connectivity index is 1.81. The van der Waals surface area contributed by atoms with Crippen LogP contribution in [0.5, 0.6) is 0 Å². The minimum absolute atomic E-state index is 0.0314. The summed E-state index contributed by atoms with van der Waals surface area (Å²) in [5.74, 6) is 0.509. The molecule has 0 spiro atoms. The summed E-state index contributed by atoms with van der Waals surface area (Å²) in [6, 6.07) is 17.5. The van der Waals surface area contributed by atoms with Crippen molar-refractivity contribution in [2.75, 3.05) is 6.54 Å². The van der Waals surface area contributed by atoms with Crippen molar-refractivity contribution in [2.24, 2.45) is 5.92 Å². The SMILES string of the molecule is CCc1ccc(-n2c(C)cc([C@@H]3[C@H](c4ccccn4)NC(=S)N3CC(C)C)c2C)cc1. The van der Waals surface area contributed by atoms with Crippen LogP contribution in [0.4, 0.5) is 0 Å². The normalized spacial score (nSPS) is 18.6. The molecule has 3 aromatic rings. The van der Waals surface area contributed by atoms with Gasteiger partial charge in [0, 0.05) is 29.8 Å². The molecule has 0 saturated carbocycles. The predicted molar refractivity (Wildman–Crippen MR) is 132 cm³/mol. The second kappa shape index (κ2) is 8.83. The highest BCUT2D eigenvalue weighted by molar-refractivity contribution is 7.80. The number of hydrogen-bond donors (Lipinski definition) is 1. The second-order valence-corrected chi connectivity index (χ2v) is 9.24. The van der Waals surface area contributed by atoms with Crippen LogP contribution in [0.1, 0.15) is 61.1 Å². The Kier molecular flexibility index (Phi) is 6.15. The third kappa shape index (κ3) is 4.11. The number of rotatable bonds is 6. The largest absolute Gasteiger partial charge is 0.352 e. The van der Waals surface area contributed by atoms with Crippen molar-refractivity contribution < 1.29 is 0 Å². The fraction of sp³-hybridized carbons (Fsp3) is 0.385. The molecule has 5 heteroatoms. The molecule has 1 fully saturated rings. The summed E-state index contributed by atoms with van der Waals surface area (Å²) in [6.07, 6.45) is 2.91. The monoisotopic (exact) mass is 432 g/mol. The molecule has 1 aliphatic heterocycles. The van der Waals surface area contributed by atoms with Gasteiger partial charge < -0.3 is 14.8 Å². The summed E-state index contributed by atoms with van der Waals surface area (Å²) in [6.45, 7) is 12.0. The van der Waals surface area contributed by atoms with E-state index in [9.17, 15) is 0 Å². The standard InChI is InChI=1S/C26H32N4S/c1-6-20-10-12-21(13-11-20)30-18(4)15-22(19(30)5)25-24(23-9-7-8-14-27-23)28-26(31)29(25)16-17(2)3/h7-15,17,24-25H,6,16H2,1-5H3,(H,28,31)/t24-,25+/m0/s1. The van der Waals surface area contributed by atoms with Gasteiger partial charge in [0.25, 0.3) is 0 Å². The Labute approximate surface area is 191 Å². The van der Waals surface area contributed by atoms with E-state index in [0.29, 0.717) is 5.92 Å². The van der Waals surface area contributed by atoms with Gasteiger partial charge in [0.05, 0.1) is 17.8 Å². The van der Waals surface area contributed by atoms with Crippen LogP contribution >= 0.6 is 12.2 Å². The molecule has 0 aliphatic carbocycles. The maximum Gasteiger partial charge on any atom is 0.170 e. The summed E-state index contributed by atoms with van der Waals surface area (Å²) in [4.78, 5) is 7.02. The molecule has 2 aromatic heterocycles. The van der Waals surface area contributed by atoms with E-state index in [1.165, 1.54) is 28.2 Å². The van der Waals surface area contributed by atoms with Crippen LogP contribution in [0.15, 0.2) is 54.7 Å². The number of nitrogens with one attached hydrogen (secondary N) is 1. The lowest BCUT2D eigenvalue weighted by Crippen LogP contribution is -2.33. The molecule has 162 valence electrons. The van der Waals surface area contributed by atoms with Gasteiger partial charge in [-0.2, -0.15) is 0 Å². The zero-order chi connectivity index (χ0) is 22.1. The highest BCUT2D eigenvalue weighted by Gasteiger charge is 2.41. The highest BCUT2D eigenvalue weighted by Crippen LogP contribution is 2.41. The van der Waals surface area contributed by atoms with Gasteiger partial charge in [-0.1, -0.05) is 39.0 Å². The van der Waals surface area contributed by atoms with Gasteiger partial charge in [-0.05, 0) is 79.9 Å².